The van der Waals surface area contributed by atoms with Crippen LogP contribution in [0, 0.1) is 38.2 Å². The highest BCUT2D eigenvalue weighted by Gasteiger charge is 2.52. The predicted molar refractivity (Wildman–Crippen MR) is 468 cm³/mol. The van der Waals surface area contributed by atoms with Crippen molar-refractivity contribution in [2.45, 2.75) is 144 Å². The summed E-state index contributed by atoms with van der Waals surface area (Å²) in [5.74, 6) is 1.27. The number of amides is 2. The molecule has 2 amide bonds. The van der Waals surface area contributed by atoms with Gasteiger partial charge in [0.25, 0.3) is 0 Å². The molecule has 3 aromatic heterocycles. The lowest BCUT2D eigenvalue weighted by atomic mass is 9.75. The lowest BCUT2D eigenvalue weighted by Crippen LogP contribution is -2.41. The summed E-state index contributed by atoms with van der Waals surface area (Å²) in [6.45, 7) is 29.9. The highest BCUT2D eigenvalue weighted by atomic mass is 35.5. The zero-order valence-corrected chi connectivity index (χ0v) is 75.3. The number of carbonyl (C=O) groups is 2. The van der Waals surface area contributed by atoms with E-state index in [2.05, 4.69) is 99.9 Å². The van der Waals surface area contributed by atoms with E-state index in [0.717, 1.165) is 144 Å². The highest BCUT2D eigenvalue weighted by Crippen LogP contribution is 2.42. The van der Waals surface area contributed by atoms with E-state index in [1.165, 1.54) is 53.0 Å². The Morgan fingerprint density at radius 3 is 1.25 bits per heavy atom. The third-order valence-corrected chi connectivity index (χ3v) is 23.8. The van der Waals surface area contributed by atoms with Gasteiger partial charge in [0.05, 0.1) is 49.6 Å². The Morgan fingerprint density at radius 2 is 0.915 bits per heavy atom. The molecule has 117 heavy (non-hydrogen) atoms. The Labute approximate surface area is 721 Å². The first kappa shape index (κ1) is 95.7. The van der Waals surface area contributed by atoms with Gasteiger partial charge in [-0.1, -0.05) is 93.9 Å². The SMILES string of the molecule is CN1CC=C(B2OC(C)(C)C(C)(C)O2)CC1.CN1CC=C(OS(C)(=O)=O)CC1.CN1CCC(=O)CC1.Cc1ncc(C2=CCN(C(=O)N(C)C)CC2)cc1OC(C)c1c(Cl)ccc(F)c1Cl.Cc1ncc(C2=CCN(C)CC2)cc1OC(C)c1c(Cl)ccc(F)c1Cl.Cc1ncc(C2=CCNCC2)cc1OC(C)c1c(Cl)ccc(F)c1Cl.[2HH]. The molecule has 0 saturated carbocycles. The molecule has 31 heteroatoms. The number of benzene rings is 3. The molecule has 3 unspecified atom stereocenters. The van der Waals surface area contributed by atoms with E-state index in [1.54, 1.807) is 56.9 Å². The van der Waals surface area contributed by atoms with Crippen LogP contribution in [-0.2, 0) is 28.4 Å². The smallest absolute Gasteiger partial charge is 0.484 e. The van der Waals surface area contributed by atoms with E-state index >= 15 is 0 Å². The van der Waals surface area contributed by atoms with Crippen LogP contribution in [-0.4, -0.2) is 210 Å². The minimum atomic E-state index is -3.33. The second-order valence-corrected chi connectivity index (χ2v) is 35.1. The number of carbonyl (C=O) groups excluding carboxylic acids is 2. The largest absolute Gasteiger partial charge is 0.490 e. The van der Waals surface area contributed by atoms with E-state index in [0.29, 0.717) is 85.8 Å². The molecule has 0 aliphatic carbocycles. The molecular weight excluding hydrogens is 1650 g/mol. The predicted octanol–water partition coefficient (Wildman–Crippen LogP) is 19.4. The second kappa shape index (κ2) is 43.6. The standard InChI is InChI=1S/C22H24Cl2FN3O2.C20H21Cl2FN2O.C19H19Cl2FN2O.C12H22BNO2.C7H13NO3S.C6H11NO.H2/c1-13-19(30-14(2)20-17(23)5-6-18(25)21(20)24)11-16(12-26-13)15-7-9-28(10-8-15)22(29)27(3)4;1-12-18(10-15(11-24-12)14-6-8-25(3)9-7-14)26-13(2)19-16(21)4-5-17(23)20(19)22;1-11-17(9-14(10-24-11)13-5-7-23-8-6-13)25-12(2)18-15(20)3-4-16(22)19(18)21;1-11(2)12(3,4)16-13(15-11)10-6-8-14(5)9-7-10;1-8-5-3-7(4-6-8)11-12(2,9)10;1-7-4-2-6(8)3-5-7;/h5-7,11-12,14H,8-10H2,1-4H3;4-6,10-11,13H,7-9H2,1-3H3;3-5,9-10,12,23H,6-8H2,1-2H3;6H,7-9H2,1-5H3;3H,4-6H2,1-2H3;2-5H2,1H3;1H/i;;;;;;1+1. The van der Waals surface area contributed by atoms with Gasteiger partial charge < -0.3 is 62.4 Å². The van der Waals surface area contributed by atoms with Crippen LogP contribution < -0.4 is 19.5 Å². The molecule has 638 valence electrons. The van der Waals surface area contributed by atoms with Crippen molar-refractivity contribution in [2.24, 2.45) is 0 Å². The van der Waals surface area contributed by atoms with Gasteiger partial charge in [0.1, 0.15) is 64.6 Å². The number of rotatable bonds is 15. The molecule has 6 aromatic rings. The van der Waals surface area contributed by atoms with Crippen LogP contribution in [0.15, 0.2) is 115 Å². The van der Waals surface area contributed by atoms with Gasteiger partial charge in [-0.3, -0.25) is 19.7 Å². The summed E-state index contributed by atoms with van der Waals surface area (Å²) in [4.78, 5) is 48.2. The summed E-state index contributed by atoms with van der Waals surface area (Å²) in [6, 6.07) is 14.0. The summed E-state index contributed by atoms with van der Waals surface area (Å²) in [5, 5.41) is 4.32. The van der Waals surface area contributed by atoms with Crippen molar-refractivity contribution in [1.82, 2.24) is 49.7 Å². The van der Waals surface area contributed by atoms with Gasteiger partial charge in [0.2, 0.25) is 0 Å². The summed E-state index contributed by atoms with van der Waals surface area (Å²) in [6.07, 6.45) is 21.3. The highest BCUT2D eigenvalue weighted by molar-refractivity contribution is 7.86. The van der Waals surface area contributed by atoms with E-state index in [-0.39, 0.29) is 40.8 Å². The fraction of sp³-hybridized carbons (Fsp3) is 0.477. The number of likely N-dealkylation sites (N-methyl/N-ethyl adjacent to an activating group) is 3. The lowest BCUT2D eigenvalue weighted by molar-refractivity contribution is -0.121. The molecule has 7 aliphatic rings. The number of nitrogens with one attached hydrogen (secondary N) is 1. The van der Waals surface area contributed by atoms with E-state index in [9.17, 15) is 31.2 Å². The minimum Gasteiger partial charge on any atom is -0.484 e. The Morgan fingerprint density at radius 1 is 0.538 bits per heavy atom. The van der Waals surface area contributed by atoms with Crippen LogP contribution in [0.1, 0.15) is 164 Å². The van der Waals surface area contributed by atoms with Gasteiger partial charge >= 0.3 is 23.3 Å². The molecule has 13 rings (SSSR count). The van der Waals surface area contributed by atoms with Gasteiger partial charge in [-0.2, -0.15) is 8.42 Å². The molecule has 2 saturated heterocycles. The van der Waals surface area contributed by atoms with E-state index in [1.807, 2.05) is 71.5 Å². The molecule has 0 spiro atoms. The van der Waals surface area contributed by atoms with Gasteiger partial charge in [0.15, 0.2) is 0 Å². The number of aromatic nitrogens is 3. The van der Waals surface area contributed by atoms with Crippen molar-refractivity contribution in [3.8, 4) is 17.2 Å². The van der Waals surface area contributed by atoms with Crippen LogP contribution in [0.4, 0.5) is 18.0 Å². The summed E-state index contributed by atoms with van der Waals surface area (Å²) < 4.78 is 97.8. The number of halogens is 9. The third-order valence-electron chi connectivity index (χ3n) is 21.1. The van der Waals surface area contributed by atoms with Crippen LogP contribution in [0.3, 0.4) is 0 Å². The Balaban J connectivity index is 0.000000203. The lowest BCUT2D eigenvalue weighted by Gasteiger charge is -2.32. The van der Waals surface area contributed by atoms with Crippen molar-refractivity contribution >= 4 is 115 Å². The number of nitrogens with zero attached hydrogens (tertiary/aromatic N) is 9. The quantitative estimate of drug-likeness (QED) is 0.0579. The van der Waals surface area contributed by atoms with E-state index < -0.39 is 45.9 Å². The van der Waals surface area contributed by atoms with Crippen molar-refractivity contribution in [2.75, 3.05) is 127 Å². The van der Waals surface area contributed by atoms with Crippen LogP contribution >= 0.6 is 69.6 Å². The minimum absolute atomic E-state index is 0. The maximum atomic E-state index is 13.9. The van der Waals surface area contributed by atoms with Gasteiger partial charge in [-0.25, -0.2) is 18.0 Å². The molecule has 20 nitrogen and oxygen atoms in total. The average Bonchev–Trinajstić information content (AvgIpc) is 1.58. The zero-order valence-electron chi connectivity index (χ0n) is 70.0. The number of likely N-dealkylation sites (tertiary alicyclic amines) is 1. The second-order valence-electron chi connectivity index (χ2n) is 31.2. The molecule has 2 fully saturated rings. The Kier molecular flexibility index (Phi) is 35.7. The zero-order chi connectivity index (χ0) is 86.0. The van der Waals surface area contributed by atoms with Crippen LogP contribution in [0.25, 0.3) is 16.7 Å². The maximum Gasteiger partial charge on any atom is 0.490 e. The Bertz CT molecular complexity index is 4750. The number of urea groups is 1. The number of ketones is 1. The van der Waals surface area contributed by atoms with Crippen molar-refractivity contribution in [3.05, 3.63) is 213 Å². The van der Waals surface area contributed by atoms with Crippen LogP contribution in [0.5, 0.6) is 17.2 Å². The third kappa shape index (κ3) is 27.6. The van der Waals surface area contributed by atoms with Gasteiger partial charge in [-0.05, 0) is 229 Å². The molecule has 7 aliphatic heterocycles. The molecule has 3 atom stereocenters. The molecule has 1 N–H and O–H groups in total. The number of hydrogen-bond acceptors (Lipinski definition) is 18. The molecule has 3 aromatic carbocycles. The maximum absolute atomic E-state index is 13.9. The average molecular weight is 1760 g/mol. The normalized spacial score (nSPS) is 18.5. The number of hydrogen-bond donors (Lipinski definition) is 1. The van der Waals surface area contributed by atoms with Crippen molar-refractivity contribution in [3.63, 3.8) is 0 Å². The molecule has 10 heterocycles. The van der Waals surface area contributed by atoms with Crippen LogP contribution in [0.2, 0.25) is 30.1 Å². The van der Waals surface area contributed by atoms with Crippen molar-refractivity contribution < 1.29 is 60.3 Å². The number of piperidine rings is 1. The van der Waals surface area contributed by atoms with E-state index in [4.69, 9.17) is 97.3 Å². The fourth-order valence-electron chi connectivity index (χ4n) is 13.1. The van der Waals surface area contributed by atoms with Gasteiger partial charge in [0, 0.05) is 157 Å². The number of Topliss-reactive ketones (excluding diaryl/α,β-unsaturated/α-hetero) is 1. The molecule has 0 bridgehead atoms. The first-order chi connectivity index (χ1) is 55.1. The van der Waals surface area contributed by atoms with Gasteiger partial charge in [-0.15, -0.1) is 0 Å². The van der Waals surface area contributed by atoms with Crippen molar-refractivity contribution in [1.29, 1.82) is 0 Å². The summed E-state index contributed by atoms with van der Waals surface area (Å²) in [7, 11) is 8.28. The first-order valence-electron chi connectivity index (χ1n) is 39.0. The molecular formula is C86H112BCl6F3N10O10S. The number of aryl methyl sites for hydroxylation is 3. The summed E-state index contributed by atoms with van der Waals surface area (Å²) >= 11 is 36.9. The Hall–Kier alpha value is -6.79. The number of ether oxygens (including phenoxy) is 3. The molecule has 0 radical (unpaired) electrons. The summed E-state index contributed by atoms with van der Waals surface area (Å²) in [5.41, 5.74) is 11.0. The number of pyridine rings is 3. The topological polar surface area (TPSA) is 194 Å². The monoisotopic (exact) mass is 1760 g/mol. The first-order valence-corrected chi connectivity index (χ1v) is 43.1. The fourth-order valence-corrected chi connectivity index (χ4v) is 15.7.